The fourth-order valence-corrected chi connectivity index (χ4v) is 2.03. The summed E-state index contributed by atoms with van der Waals surface area (Å²) in [5.74, 6) is -0.945. The zero-order valence-electron chi connectivity index (χ0n) is 12.2. The van der Waals surface area contributed by atoms with E-state index in [9.17, 15) is 9.59 Å². The lowest BCUT2D eigenvalue weighted by molar-refractivity contribution is -0.136. The van der Waals surface area contributed by atoms with E-state index in [1.807, 2.05) is 43.6 Å². The number of aliphatic carboxylic acids is 1. The van der Waals surface area contributed by atoms with E-state index in [0.717, 1.165) is 16.8 Å². The number of urea groups is 1. The number of nitrogens with zero attached hydrogens (tertiary/aromatic N) is 2. The summed E-state index contributed by atoms with van der Waals surface area (Å²) >= 11 is 0. The molecule has 0 saturated heterocycles. The average molecular weight is 302 g/mol. The summed E-state index contributed by atoms with van der Waals surface area (Å²) in [4.78, 5) is 22.0. The maximum absolute atomic E-state index is 11.6. The highest BCUT2D eigenvalue weighted by Gasteiger charge is 2.11. The quantitative estimate of drug-likeness (QED) is 0.750. The van der Waals surface area contributed by atoms with Crippen LogP contribution in [0.1, 0.15) is 12.0 Å². The molecule has 2 aromatic rings. The molecule has 1 aromatic heterocycles. The topological polar surface area (TPSA) is 96.2 Å². The molecule has 0 radical (unpaired) electrons. The van der Waals surface area contributed by atoms with Crippen LogP contribution >= 0.6 is 0 Å². The largest absolute Gasteiger partial charge is 0.481 e. The molecule has 0 aliphatic heterocycles. The normalized spacial score (nSPS) is 10.2. The molecule has 2 rings (SSSR count). The van der Waals surface area contributed by atoms with E-state index < -0.39 is 12.0 Å². The van der Waals surface area contributed by atoms with Crippen molar-refractivity contribution in [3.8, 4) is 11.3 Å². The maximum atomic E-state index is 11.6. The summed E-state index contributed by atoms with van der Waals surface area (Å²) in [6.07, 6.45) is 1.75. The summed E-state index contributed by atoms with van der Waals surface area (Å²) in [5, 5.41) is 18.1. The van der Waals surface area contributed by atoms with Crippen molar-refractivity contribution in [1.82, 2.24) is 20.4 Å². The van der Waals surface area contributed by atoms with Crippen molar-refractivity contribution in [2.24, 2.45) is 7.05 Å². The second-order valence-electron chi connectivity index (χ2n) is 4.80. The monoisotopic (exact) mass is 302 g/mol. The highest BCUT2D eigenvalue weighted by molar-refractivity contribution is 5.75. The van der Waals surface area contributed by atoms with Crippen LogP contribution in [0.2, 0.25) is 0 Å². The van der Waals surface area contributed by atoms with Crippen molar-refractivity contribution in [1.29, 1.82) is 0 Å². The standard InChI is InChI=1S/C15H18N4O3/c1-19-10-12(9-17-15(22)16-8-7-13(20)21)14(18-19)11-5-3-2-4-6-11/h2-6,10H,7-9H2,1H3,(H,20,21)(H2,16,17,22). The highest BCUT2D eigenvalue weighted by atomic mass is 16.4. The van der Waals surface area contributed by atoms with Crippen LogP contribution in [0.4, 0.5) is 4.79 Å². The van der Waals surface area contributed by atoms with Crippen LogP contribution in [0, 0.1) is 0 Å². The molecule has 0 bridgehead atoms. The Hall–Kier alpha value is -2.83. The fourth-order valence-electron chi connectivity index (χ4n) is 2.03. The van der Waals surface area contributed by atoms with Gasteiger partial charge >= 0.3 is 12.0 Å². The van der Waals surface area contributed by atoms with Crippen LogP contribution in [0.5, 0.6) is 0 Å². The van der Waals surface area contributed by atoms with Gasteiger partial charge in [0.2, 0.25) is 0 Å². The van der Waals surface area contributed by atoms with Crippen molar-refractivity contribution in [3.05, 3.63) is 42.1 Å². The molecule has 0 unspecified atom stereocenters. The van der Waals surface area contributed by atoms with Crippen LogP contribution in [0.25, 0.3) is 11.3 Å². The Bertz CT molecular complexity index is 652. The highest BCUT2D eigenvalue weighted by Crippen LogP contribution is 2.21. The number of carboxylic acid groups (broad SMARTS) is 1. The van der Waals surface area contributed by atoms with Crippen LogP contribution in [-0.4, -0.2) is 33.4 Å². The van der Waals surface area contributed by atoms with E-state index in [1.165, 1.54) is 0 Å². The SMILES string of the molecule is Cn1cc(CNC(=O)NCCC(=O)O)c(-c2ccccc2)n1. The molecule has 1 aromatic carbocycles. The third kappa shape index (κ3) is 4.34. The van der Waals surface area contributed by atoms with Gasteiger partial charge in [0, 0.05) is 37.5 Å². The van der Waals surface area contributed by atoms with Crippen molar-refractivity contribution in [2.45, 2.75) is 13.0 Å². The molecule has 22 heavy (non-hydrogen) atoms. The van der Waals surface area contributed by atoms with Gasteiger partial charge in [-0.05, 0) is 0 Å². The molecule has 3 N–H and O–H groups in total. The number of carboxylic acids is 1. The van der Waals surface area contributed by atoms with E-state index in [0.29, 0.717) is 6.54 Å². The molecule has 1 heterocycles. The Morgan fingerprint density at radius 3 is 2.64 bits per heavy atom. The van der Waals surface area contributed by atoms with Gasteiger partial charge in [0.05, 0.1) is 12.1 Å². The first kappa shape index (κ1) is 15.6. The molecule has 0 atom stereocenters. The number of rotatable bonds is 6. The number of carbonyl (C=O) groups excluding carboxylic acids is 1. The minimum absolute atomic E-state index is 0.0970. The van der Waals surface area contributed by atoms with Gasteiger partial charge in [-0.3, -0.25) is 9.48 Å². The third-order valence-electron chi connectivity index (χ3n) is 3.02. The minimum Gasteiger partial charge on any atom is -0.481 e. The van der Waals surface area contributed by atoms with Crippen LogP contribution in [-0.2, 0) is 18.4 Å². The number of aromatic nitrogens is 2. The third-order valence-corrected chi connectivity index (χ3v) is 3.02. The van der Waals surface area contributed by atoms with E-state index in [2.05, 4.69) is 15.7 Å². The predicted octanol–water partition coefficient (Wildman–Crippen LogP) is 1.36. The molecule has 0 fully saturated rings. The van der Waals surface area contributed by atoms with E-state index in [4.69, 9.17) is 5.11 Å². The first-order valence-electron chi connectivity index (χ1n) is 6.87. The molecule has 0 aliphatic rings. The average Bonchev–Trinajstić information content (AvgIpc) is 2.87. The number of amides is 2. The molecule has 0 saturated carbocycles. The van der Waals surface area contributed by atoms with Gasteiger partial charge < -0.3 is 15.7 Å². The van der Waals surface area contributed by atoms with Crippen LogP contribution in [0.3, 0.4) is 0 Å². The molecule has 0 aliphatic carbocycles. The van der Waals surface area contributed by atoms with Gasteiger partial charge in [-0.1, -0.05) is 30.3 Å². The minimum atomic E-state index is -0.945. The number of aryl methyl sites for hydroxylation is 1. The van der Waals surface area contributed by atoms with Gasteiger partial charge in [0.25, 0.3) is 0 Å². The Kier molecular flexibility index (Phi) is 5.13. The Balaban J connectivity index is 1.96. The smallest absolute Gasteiger partial charge is 0.315 e. The number of carbonyl (C=O) groups is 2. The first-order chi connectivity index (χ1) is 10.6. The van der Waals surface area contributed by atoms with Gasteiger partial charge in [0.1, 0.15) is 0 Å². The molecule has 116 valence electrons. The number of benzene rings is 1. The van der Waals surface area contributed by atoms with Crippen molar-refractivity contribution in [2.75, 3.05) is 6.54 Å². The summed E-state index contributed by atoms with van der Waals surface area (Å²) in [6.45, 7) is 0.413. The zero-order chi connectivity index (χ0) is 15.9. The lowest BCUT2D eigenvalue weighted by Crippen LogP contribution is -2.36. The molecule has 7 nitrogen and oxygen atoms in total. The molecule has 2 amide bonds. The van der Waals surface area contributed by atoms with E-state index in [-0.39, 0.29) is 13.0 Å². The lowest BCUT2D eigenvalue weighted by atomic mass is 10.1. The second-order valence-corrected chi connectivity index (χ2v) is 4.80. The second kappa shape index (κ2) is 7.26. The molecule has 0 spiro atoms. The fraction of sp³-hybridized carbons (Fsp3) is 0.267. The molecule has 7 heteroatoms. The lowest BCUT2D eigenvalue weighted by Gasteiger charge is -2.07. The van der Waals surface area contributed by atoms with Crippen molar-refractivity contribution < 1.29 is 14.7 Å². The Labute approximate surface area is 128 Å². The number of hydrogen-bond donors (Lipinski definition) is 3. The summed E-state index contributed by atoms with van der Waals surface area (Å²) in [7, 11) is 1.82. The van der Waals surface area contributed by atoms with Crippen molar-refractivity contribution >= 4 is 12.0 Å². The zero-order valence-corrected chi connectivity index (χ0v) is 12.2. The number of hydrogen-bond acceptors (Lipinski definition) is 3. The first-order valence-corrected chi connectivity index (χ1v) is 6.87. The van der Waals surface area contributed by atoms with E-state index in [1.54, 1.807) is 4.68 Å². The summed E-state index contributed by atoms with van der Waals surface area (Å²) in [6, 6.07) is 9.31. The number of nitrogens with one attached hydrogen (secondary N) is 2. The Morgan fingerprint density at radius 1 is 1.23 bits per heavy atom. The Morgan fingerprint density at radius 2 is 1.95 bits per heavy atom. The van der Waals surface area contributed by atoms with Crippen molar-refractivity contribution in [3.63, 3.8) is 0 Å². The molecular weight excluding hydrogens is 284 g/mol. The van der Waals surface area contributed by atoms with Gasteiger partial charge in [-0.25, -0.2) is 4.79 Å². The van der Waals surface area contributed by atoms with Gasteiger partial charge in [-0.2, -0.15) is 5.10 Å². The maximum Gasteiger partial charge on any atom is 0.315 e. The summed E-state index contributed by atoms with van der Waals surface area (Å²) < 4.78 is 1.70. The van der Waals surface area contributed by atoms with Gasteiger partial charge in [0.15, 0.2) is 0 Å². The van der Waals surface area contributed by atoms with Gasteiger partial charge in [-0.15, -0.1) is 0 Å². The predicted molar refractivity (Wildman–Crippen MR) is 81.1 cm³/mol. The van der Waals surface area contributed by atoms with Crippen LogP contribution in [0.15, 0.2) is 36.5 Å². The summed E-state index contributed by atoms with van der Waals surface area (Å²) in [5.41, 5.74) is 2.68. The van der Waals surface area contributed by atoms with Crippen LogP contribution < -0.4 is 10.6 Å². The van der Waals surface area contributed by atoms with E-state index >= 15 is 0 Å². The molecular formula is C15H18N4O3.